The summed E-state index contributed by atoms with van der Waals surface area (Å²) >= 11 is 3.10. The first-order valence-electron chi connectivity index (χ1n) is 18.4. The lowest BCUT2D eigenvalue weighted by Gasteiger charge is -2.44. The Balaban J connectivity index is 0.000000273. The van der Waals surface area contributed by atoms with Crippen molar-refractivity contribution in [3.63, 3.8) is 0 Å². The molecule has 0 saturated carbocycles. The second-order valence-corrected chi connectivity index (χ2v) is 14.5. The molecule has 6 aromatic carbocycles. The number of ether oxygens (including phenoxy) is 1. The van der Waals surface area contributed by atoms with Crippen molar-refractivity contribution in [3.05, 3.63) is 194 Å². The molecule has 26 heteroatoms. The predicted molar refractivity (Wildman–Crippen MR) is 203 cm³/mol. The Morgan fingerprint density at radius 2 is 0.725 bits per heavy atom. The quantitative estimate of drug-likeness (QED) is 0.0212. The highest BCUT2D eigenvalue weighted by molar-refractivity contribution is 9.09. The number of carbonyl (C=O) groups excluding carboxylic acids is 2. The summed E-state index contributed by atoms with van der Waals surface area (Å²) in [5, 5.41) is 1.68. The van der Waals surface area contributed by atoms with Gasteiger partial charge >= 0.3 is 5.97 Å². The molecule has 7 aromatic rings. The number of ketones is 1. The fourth-order valence-corrected chi connectivity index (χ4v) is 7.69. The van der Waals surface area contributed by atoms with Gasteiger partial charge in [-0.2, -0.15) is 4.57 Å². The lowest BCUT2D eigenvalue weighted by molar-refractivity contribution is -0.684. The van der Waals surface area contributed by atoms with Crippen molar-refractivity contribution in [1.29, 1.82) is 0 Å². The number of esters is 1. The van der Waals surface area contributed by atoms with Crippen LogP contribution in [0, 0.1) is 116 Å². The largest absolute Gasteiger partial charge is 0.446 e. The Morgan fingerprint density at radius 1 is 0.420 bits per heavy atom. The molecule has 1 heterocycles. The number of Topliss-reactive ketones (excluding diaryl/α,β-unsaturated/α-hetero) is 1. The molecule has 0 saturated heterocycles. The standard InChI is InChI=1S/C24BF20.C19H15BrNO3/c26-5-1(6(27)14(35)21(42)13(5)34)25(2-7(28)15(36)22(43)16(37)8(2)29,3-9(30)17(38)23(44)18(39)10(3)31)4-11(32)19(40)24(45)20(41)12(4)33;20-13-24-19(23)18-16-9-5-4-6-14(16)10-11-21(18)12-17(22)15-7-2-1-3-8-15/h;1-11H,12-13H2/q-1;+1. The highest BCUT2D eigenvalue weighted by Crippen LogP contribution is 2.31. The summed E-state index contributed by atoms with van der Waals surface area (Å²) in [4.78, 5) is 24.9. The number of benzene rings is 6. The van der Waals surface area contributed by atoms with Crippen molar-refractivity contribution >= 4 is 66.5 Å². The maximum absolute atomic E-state index is 15.4. The molecule has 0 amide bonds. The van der Waals surface area contributed by atoms with Crippen LogP contribution in [0.4, 0.5) is 87.8 Å². The maximum atomic E-state index is 15.4. The zero-order valence-electron chi connectivity index (χ0n) is 33.0. The molecule has 69 heavy (non-hydrogen) atoms. The van der Waals surface area contributed by atoms with Crippen LogP contribution >= 0.6 is 15.9 Å². The Bertz CT molecular complexity index is 2890. The average Bonchev–Trinajstić information content (AvgIpc) is 3.34. The normalized spacial score (nSPS) is 11.5. The fraction of sp³-hybridized carbons (Fsp3) is 0.0465. The van der Waals surface area contributed by atoms with Crippen molar-refractivity contribution in [2.75, 3.05) is 5.52 Å². The molecule has 7 rings (SSSR count). The molecule has 0 aliphatic carbocycles. The molecule has 0 N–H and O–H groups in total. The molecule has 0 atom stereocenters. The van der Waals surface area contributed by atoms with E-state index in [4.69, 9.17) is 4.74 Å². The molecule has 0 fully saturated rings. The van der Waals surface area contributed by atoms with Gasteiger partial charge in [-0.1, -0.05) is 48.5 Å². The van der Waals surface area contributed by atoms with E-state index in [1.807, 2.05) is 48.5 Å². The van der Waals surface area contributed by atoms with E-state index in [0.717, 1.165) is 10.8 Å². The van der Waals surface area contributed by atoms with Crippen molar-refractivity contribution in [3.8, 4) is 0 Å². The number of halogens is 21. The lowest BCUT2D eigenvalue weighted by atomic mass is 9.12. The van der Waals surface area contributed by atoms with Gasteiger partial charge in [0.15, 0.2) is 76.0 Å². The number of nitrogens with zero attached hydrogens (tertiary/aromatic N) is 1. The monoisotopic (exact) mass is 1060 g/mol. The Hall–Kier alpha value is -6.99. The molecule has 4 nitrogen and oxygen atoms in total. The third kappa shape index (κ3) is 8.30. The molecule has 0 aliphatic heterocycles. The van der Waals surface area contributed by atoms with E-state index >= 15 is 35.1 Å². The van der Waals surface area contributed by atoms with Crippen LogP contribution in [0.5, 0.6) is 0 Å². The van der Waals surface area contributed by atoms with Gasteiger partial charge in [-0.15, -0.1) is 21.9 Å². The zero-order valence-corrected chi connectivity index (χ0v) is 34.5. The number of aromatic nitrogens is 1. The number of carbonyl (C=O) groups is 2. The molecule has 1 aromatic heterocycles. The molecule has 0 aliphatic rings. The Morgan fingerprint density at radius 3 is 1.06 bits per heavy atom. The topological polar surface area (TPSA) is 47.2 Å². The number of fused-ring (bicyclic) bond motifs is 1. The summed E-state index contributed by atoms with van der Waals surface area (Å²) in [6.07, 6.45) is -5.47. The van der Waals surface area contributed by atoms with Gasteiger partial charge in [-0.25, -0.2) is 92.6 Å². The molecule has 360 valence electrons. The second-order valence-electron chi connectivity index (χ2n) is 14.0. The van der Waals surface area contributed by atoms with Gasteiger partial charge < -0.3 is 4.74 Å². The van der Waals surface area contributed by atoms with Gasteiger partial charge in [0.25, 0.3) is 5.69 Å². The molecule has 0 bridgehead atoms. The predicted octanol–water partition coefficient (Wildman–Crippen LogP) is 9.37. The van der Waals surface area contributed by atoms with Gasteiger partial charge in [0, 0.05) is 11.6 Å². The minimum absolute atomic E-state index is 0.0660. The lowest BCUT2D eigenvalue weighted by Crippen LogP contribution is -2.81. The van der Waals surface area contributed by atoms with Crippen LogP contribution in [-0.2, 0) is 11.3 Å². The van der Waals surface area contributed by atoms with E-state index in [9.17, 15) is 62.3 Å². The maximum Gasteiger partial charge on any atom is 0.405 e. The SMILES string of the molecule is Fc1c(F)c(F)c([B-](c2c(F)c(F)c(F)c(F)c2F)(c2c(F)c(F)c(F)c(F)c2F)c2c(F)c(F)c(F)c(F)c2F)c(F)c1F.O=C(C[n+]1ccc2ccccc2c1C(=O)OCBr)c1ccccc1. The number of alkyl halides is 1. The number of rotatable bonds is 9. The molecule has 0 radical (unpaired) electrons. The van der Waals surface area contributed by atoms with Crippen molar-refractivity contribution in [1.82, 2.24) is 0 Å². The van der Waals surface area contributed by atoms with Gasteiger partial charge in [0.1, 0.15) is 58.2 Å². The summed E-state index contributed by atoms with van der Waals surface area (Å²) < 4.78 is 301. The van der Waals surface area contributed by atoms with Crippen molar-refractivity contribution < 1.29 is 107 Å². The summed E-state index contributed by atoms with van der Waals surface area (Å²) in [6.45, 7) is 0.0710. The highest BCUT2D eigenvalue weighted by atomic mass is 79.9. The Labute approximate surface area is 379 Å². The number of hydrogen-bond donors (Lipinski definition) is 0. The minimum atomic E-state index is -7.22. The van der Waals surface area contributed by atoms with Crippen LogP contribution in [0.25, 0.3) is 10.8 Å². The van der Waals surface area contributed by atoms with E-state index in [2.05, 4.69) is 15.9 Å². The fourth-order valence-electron chi connectivity index (χ4n) is 7.48. The van der Waals surface area contributed by atoms with Gasteiger partial charge in [-0.05, 0) is 27.4 Å². The first kappa shape index (κ1) is 51.4. The molecule has 0 spiro atoms. The smallest absolute Gasteiger partial charge is 0.405 e. The van der Waals surface area contributed by atoms with Crippen molar-refractivity contribution in [2.45, 2.75) is 6.54 Å². The first-order chi connectivity index (χ1) is 32.4. The van der Waals surface area contributed by atoms with Crippen molar-refractivity contribution in [2.24, 2.45) is 0 Å². The molecule has 0 unspecified atom stereocenters. The van der Waals surface area contributed by atoms with E-state index in [1.165, 1.54) is 0 Å². The van der Waals surface area contributed by atoms with E-state index in [1.54, 1.807) is 22.9 Å². The van der Waals surface area contributed by atoms with E-state index in [0.29, 0.717) is 11.3 Å². The molecular weight excluding hydrogens is 1050 g/mol. The first-order valence-corrected chi connectivity index (χ1v) is 19.5. The van der Waals surface area contributed by atoms with Gasteiger partial charge in [0.2, 0.25) is 12.3 Å². The minimum Gasteiger partial charge on any atom is -0.446 e. The van der Waals surface area contributed by atoms with Crippen LogP contribution < -0.4 is 26.4 Å². The van der Waals surface area contributed by atoms with Gasteiger partial charge in [0.05, 0.1) is 5.39 Å². The van der Waals surface area contributed by atoms with E-state index in [-0.39, 0.29) is 17.8 Å². The highest BCUT2D eigenvalue weighted by Gasteiger charge is 2.52. The van der Waals surface area contributed by atoms with Crippen LogP contribution in [0.1, 0.15) is 20.8 Å². The van der Waals surface area contributed by atoms with Crippen LogP contribution in [0.2, 0.25) is 0 Å². The van der Waals surface area contributed by atoms with E-state index < -0.39 is 150 Å². The number of hydrogen-bond acceptors (Lipinski definition) is 3. The Kier molecular flexibility index (Phi) is 14.6. The van der Waals surface area contributed by atoms with Crippen LogP contribution in [-0.4, -0.2) is 23.4 Å². The summed E-state index contributed by atoms with van der Waals surface area (Å²) in [5.41, 5.74) is -13.2. The van der Waals surface area contributed by atoms with Crippen LogP contribution in [0.3, 0.4) is 0 Å². The summed E-state index contributed by atoms with van der Waals surface area (Å²) in [5.74, 6) is -71.9. The number of pyridine rings is 1. The summed E-state index contributed by atoms with van der Waals surface area (Å²) in [6, 6.07) is 18.4. The third-order valence-electron chi connectivity index (χ3n) is 10.4. The average molecular weight is 1060 g/mol. The second kappa shape index (κ2) is 19.6. The third-order valence-corrected chi connectivity index (χ3v) is 10.7. The van der Waals surface area contributed by atoms with Gasteiger partial charge in [-0.3, -0.25) is 4.79 Å². The van der Waals surface area contributed by atoms with Crippen LogP contribution in [0.15, 0.2) is 66.9 Å². The molecular formula is C43H15BBrF20NO3. The zero-order chi connectivity index (χ0) is 51.3. The summed E-state index contributed by atoms with van der Waals surface area (Å²) in [7, 11) is 0.